The number of fused-ring (bicyclic) bond motifs is 14. The van der Waals surface area contributed by atoms with Crippen LogP contribution < -0.4 is 0 Å². The molecule has 0 fully saturated rings. The third-order valence-corrected chi connectivity index (χ3v) is 12.4. The molecule has 0 radical (unpaired) electrons. The smallest absolute Gasteiger partial charge is 0.196 e. The minimum Gasteiger partial charge on any atom is -0.456 e. The number of hydrogen-bond donors (Lipinski definition) is 0. The SMILES string of the molecule is [C-]#[N+]c1cccc(-n2c3ccccc3c3ccc4oc5ccccc5c4c32)c1-c1ccc(-n2c3cc(-c4ccccc4)ccc3c3c4oc5ccccc5c4ccc32)cc1. The third kappa shape index (κ3) is 4.50. The molecule has 5 heteroatoms. The molecule has 13 rings (SSSR count). The maximum atomic E-state index is 8.42. The Morgan fingerprint density at radius 3 is 1.93 bits per heavy atom. The maximum absolute atomic E-state index is 8.42. The molecule has 0 bridgehead atoms. The molecule has 60 heavy (non-hydrogen) atoms. The fourth-order valence-electron chi connectivity index (χ4n) is 9.77. The average Bonchev–Trinajstić information content (AvgIpc) is 4.06. The second kappa shape index (κ2) is 12.3. The van der Waals surface area contributed by atoms with Crippen LogP contribution in [0.25, 0.3) is 126 Å². The van der Waals surface area contributed by atoms with Crippen molar-refractivity contribution < 1.29 is 8.83 Å². The van der Waals surface area contributed by atoms with Crippen molar-refractivity contribution in [2.75, 3.05) is 0 Å². The number of nitrogens with zero attached hydrogens (tertiary/aromatic N) is 3. The molecule has 0 spiro atoms. The van der Waals surface area contributed by atoms with Crippen molar-refractivity contribution in [3.05, 3.63) is 199 Å². The van der Waals surface area contributed by atoms with Gasteiger partial charge in [0, 0.05) is 49.3 Å². The van der Waals surface area contributed by atoms with Crippen molar-refractivity contribution in [1.82, 2.24) is 9.13 Å². The standard InChI is InChI=1S/C55H31N3O2/c1-56-43-17-11-19-45(58-44-18-8-5-14-37(44)39-29-31-50-53(54(39)58)42-16-7-10-21-49(42)59-50)51(43)34-22-25-36(26-23-34)57-46-30-28-40-38-15-6-9-20-48(38)60-55(40)52(46)41-27-24-35(32-47(41)57)33-12-3-2-4-13-33/h2-32H. The van der Waals surface area contributed by atoms with Gasteiger partial charge in [-0.3, -0.25) is 0 Å². The van der Waals surface area contributed by atoms with E-state index in [-0.39, 0.29) is 0 Å². The van der Waals surface area contributed by atoms with Gasteiger partial charge in [0.25, 0.3) is 0 Å². The van der Waals surface area contributed by atoms with Gasteiger partial charge >= 0.3 is 0 Å². The summed E-state index contributed by atoms with van der Waals surface area (Å²) < 4.78 is 17.8. The Bertz CT molecular complexity index is 3950. The average molecular weight is 766 g/mol. The molecule has 0 amide bonds. The summed E-state index contributed by atoms with van der Waals surface area (Å²) in [5.41, 5.74) is 14.4. The van der Waals surface area contributed by atoms with E-state index in [9.17, 15) is 0 Å². The maximum Gasteiger partial charge on any atom is 0.196 e. The number of furan rings is 2. The molecule has 0 aliphatic heterocycles. The summed E-state index contributed by atoms with van der Waals surface area (Å²) in [4.78, 5) is 4.12. The summed E-state index contributed by atoms with van der Waals surface area (Å²) in [6.45, 7) is 8.42. The van der Waals surface area contributed by atoms with Crippen LogP contribution in [-0.2, 0) is 0 Å². The Hall–Kier alpha value is -8.33. The first kappa shape index (κ1) is 32.7. The van der Waals surface area contributed by atoms with Crippen molar-refractivity contribution in [1.29, 1.82) is 0 Å². The Balaban J connectivity index is 1.06. The normalized spacial score (nSPS) is 12.0. The topological polar surface area (TPSA) is 40.5 Å². The molecule has 0 saturated carbocycles. The molecule has 13 aromatic rings. The van der Waals surface area contributed by atoms with Gasteiger partial charge in [-0.25, -0.2) is 4.85 Å². The predicted octanol–water partition coefficient (Wildman–Crippen LogP) is 15.6. The number of aromatic nitrogens is 2. The summed E-state index contributed by atoms with van der Waals surface area (Å²) in [6, 6.07) is 65.7. The van der Waals surface area contributed by atoms with Crippen LogP contribution in [0, 0.1) is 6.57 Å². The van der Waals surface area contributed by atoms with Crippen LogP contribution in [0.5, 0.6) is 0 Å². The van der Waals surface area contributed by atoms with Gasteiger partial charge < -0.3 is 18.0 Å². The quantitative estimate of drug-likeness (QED) is 0.167. The molecular formula is C55H31N3O2. The first-order valence-corrected chi connectivity index (χ1v) is 20.1. The van der Waals surface area contributed by atoms with Crippen LogP contribution in [-0.4, -0.2) is 9.13 Å². The van der Waals surface area contributed by atoms with Crippen molar-refractivity contribution in [2.45, 2.75) is 0 Å². The van der Waals surface area contributed by atoms with Crippen LogP contribution in [0.3, 0.4) is 0 Å². The minimum atomic E-state index is 0.590. The van der Waals surface area contributed by atoms with E-state index in [1.807, 2.05) is 36.4 Å². The summed E-state index contributed by atoms with van der Waals surface area (Å²) in [5, 5.41) is 8.85. The molecule has 0 atom stereocenters. The number of benzene rings is 9. The van der Waals surface area contributed by atoms with E-state index in [0.29, 0.717) is 5.69 Å². The number of rotatable bonds is 4. The largest absolute Gasteiger partial charge is 0.456 e. The molecule has 278 valence electrons. The Kier molecular flexibility index (Phi) is 6.73. The summed E-state index contributed by atoms with van der Waals surface area (Å²) in [7, 11) is 0. The first-order valence-electron chi connectivity index (χ1n) is 20.1. The first-order chi connectivity index (χ1) is 29.7. The lowest BCUT2D eigenvalue weighted by atomic mass is 10.00. The fraction of sp³-hybridized carbons (Fsp3) is 0. The van der Waals surface area contributed by atoms with Gasteiger partial charge in [-0.2, -0.15) is 0 Å². The molecule has 0 unspecified atom stereocenters. The highest BCUT2D eigenvalue weighted by Crippen LogP contribution is 2.46. The molecule has 5 nitrogen and oxygen atoms in total. The van der Waals surface area contributed by atoms with E-state index in [2.05, 4.69) is 166 Å². The molecule has 0 aliphatic rings. The van der Waals surface area contributed by atoms with Crippen LogP contribution in [0.1, 0.15) is 0 Å². The van der Waals surface area contributed by atoms with E-state index in [0.717, 1.165) is 121 Å². The summed E-state index contributed by atoms with van der Waals surface area (Å²) >= 11 is 0. The summed E-state index contributed by atoms with van der Waals surface area (Å²) in [5.74, 6) is 0. The fourth-order valence-corrected chi connectivity index (χ4v) is 9.77. The molecule has 4 heterocycles. The number of hydrogen-bond acceptors (Lipinski definition) is 2. The lowest BCUT2D eigenvalue weighted by molar-refractivity contribution is 0.669. The van der Waals surface area contributed by atoms with E-state index in [1.54, 1.807) is 0 Å². The highest BCUT2D eigenvalue weighted by molar-refractivity contribution is 6.26. The minimum absolute atomic E-state index is 0.590. The van der Waals surface area contributed by atoms with Crippen molar-refractivity contribution in [3.63, 3.8) is 0 Å². The molecule has 9 aromatic carbocycles. The van der Waals surface area contributed by atoms with Crippen molar-refractivity contribution >= 4 is 93.2 Å². The van der Waals surface area contributed by atoms with Gasteiger partial charge in [-0.1, -0.05) is 121 Å². The lowest BCUT2D eigenvalue weighted by Gasteiger charge is -2.17. The van der Waals surface area contributed by atoms with Gasteiger partial charge in [-0.05, 0) is 83.4 Å². The Labute approximate surface area is 343 Å². The highest BCUT2D eigenvalue weighted by Gasteiger charge is 2.23. The number of para-hydroxylation sites is 3. The van der Waals surface area contributed by atoms with Crippen molar-refractivity contribution in [2.24, 2.45) is 0 Å². The van der Waals surface area contributed by atoms with E-state index >= 15 is 0 Å². The van der Waals surface area contributed by atoms with E-state index in [1.165, 1.54) is 0 Å². The molecule has 0 saturated heterocycles. The van der Waals surface area contributed by atoms with Crippen LogP contribution >= 0.6 is 0 Å². The van der Waals surface area contributed by atoms with Gasteiger partial charge in [0.2, 0.25) is 0 Å². The van der Waals surface area contributed by atoms with Crippen molar-refractivity contribution in [3.8, 4) is 33.6 Å². The molecule has 0 aliphatic carbocycles. The third-order valence-electron chi connectivity index (χ3n) is 12.4. The second-order valence-corrected chi connectivity index (χ2v) is 15.5. The monoisotopic (exact) mass is 765 g/mol. The Morgan fingerprint density at radius 2 is 1.10 bits per heavy atom. The Morgan fingerprint density at radius 1 is 0.400 bits per heavy atom. The van der Waals surface area contributed by atoms with Gasteiger partial charge in [-0.15, -0.1) is 0 Å². The predicted molar refractivity (Wildman–Crippen MR) is 247 cm³/mol. The zero-order chi connectivity index (χ0) is 39.5. The van der Waals surface area contributed by atoms with E-state index < -0.39 is 0 Å². The molecule has 0 N–H and O–H groups in total. The van der Waals surface area contributed by atoms with E-state index in [4.69, 9.17) is 15.4 Å². The molecular weight excluding hydrogens is 735 g/mol. The highest BCUT2D eigenvalue weighted by atomic mass is 16.3. The lowest BCUT2D eigenvalue weighted by Crippen LogP contribution is -1.98. The second-order valence-electron chi connectivity index (χ2n) is 15.5. The zero-order valence-corrected chi connectivity index (χ0v) is 32.1. The zero-order valence-electron chi connectivity index (χ0n) is 32.1. The summed E-state index contributed by atoms with van der Waals surface area (Å²) in [6.07, 6.45) is 0. The van der Waals surface area contributed by atoms with Gasteiger partial charge in [0.05, 0.1) is 39.4 Å². The van der Waals surface area contributed by atoms with Gasteiger partial charge in [0.15, 0.2) is 5.69 Å². The van der Waals surface area contributed by atoms with Crippen LogP contribution in [0.4, 0.5) is 5.69 Å². The van der Waals surface area contributed by atoms with Crippen LogP contribution in [0.15, 0.2) is 197 Å². The van der Waals surface area contributed by atoms with Gasteiger partial charge in [0.1, 0.15) is 22.3 Å². The van der Waals surface area contributed by atoms with Crippen LogP contribution in [0.2, 0.25) is 0 Å². The molecule has 4 aromatic heterocycles.